The summed E-state index contributed by atoms with van der Waals surface area (Å²) in [7, 11) is 0. The molecule has 1 unspecified atom stereocenters. The molecule has 0 fully saturated rings. The summed E-state index contributed by atoms with van der Waals surface area (Å²) < 4.78 is 10.7. The van der Waals surface area contributed by atoms with E-state index < -0.39 is 11.4 Å². The van der Waals surface area contributed by atoms with Gasteiger partial charge in [0.1, 0.15) is 0 Å². The van der Waals surface area contributed by atoms with Gasteiger partial charge in [-0.2, -0.15) is 0 Å². The minimum absolute atomic E-state index is 0.0415. The number of hydrogen-bond acceptors (Lipinski definition) is 4. The Kier molecular flexibility index (Phi) is 3.79. The van der Waals surface area contributed by atoms with Crippen LogP contribution in [0.1, 0.15) is 27.7 Å². The van der Waals surface area contributed by atoms with E-state index in [0.29, 0.717) is 0 Å². The fourth-order valence-electron chi connectivity index (χ4n) is 1.51. The quantitative estimate of drug-likeness (QED) is 0.734. The highest BCUT2D eigenvalue weighted by atomic mass is 16.6. The van der Waals surface area contributed by atoms with Crippen LogP contribution < -0.4 is 0 Å². The van der Waals surface area contributed by atoms with Gasteiger partial charge in [-0.15, -0.1) is 0 Å². The second-order valence-electron chi connectivity index (χ2n) is 4.50. The van der Waals surface area contributed by atoms with Crippen molar-refractivity contribution >= 4 is 5.78 Å². The van der Waals surface area contributed by atoms with Crippen LogP contribution in [0.3, 0.4) is 0 Å². The third kappa shape index (κ3) is 2.42. The molecular weight excluding hydrogens is 222 g/mol. The second-order valence-corrected chi connectivity index (χ2v) is 4.50. The number of ketones is 1. The van der Waals surface area contributed by atoms with Gasteiger partial charge < -0.3 is 19.4 Å². The molecule has 0 heterocycles. The highest BCUT2D eigenvalue weighted by Gasteiger charge is 2.60. The Bertz CT molecular complexity index is 392. The summed E-state index contributed by atoms with van der Waals surface area (Å²) in [4.78, 5) is 14.8. The predicted octanol–water partition coefficient (Wildman–Crippen LogP) is 1.28. The van der Waals surface area contributed by atoms with Crippen molar-refractivity contribution in [1.29, 1.82) is 0 Å². The van der Waals surface area contributed by atoms with Crippen molar-refractivity contribution in [2.45, 2.75) is 45.5 Å². The van der Waals surface area contributed by atoms with Gasteiger partial charge in [0.05, 0.1) is 12.2 Å². The fraction of sp³-hybridized carbons (Fsp3) is 0.667. The molecule has 0 radical (unpaired) electrons. The Labute approximate surface area is 101 Å². The molecule has 0 aliphatic heterocycles. The summed E-state index contributed by atoms with van der Waals surface area (Å²) in [6.07, 6.45) is -0.377. The van der Waals surface area contributed by atoms with Gasteiger partial charge in [-0.1, -0.05) is 0 Å². The molecule has 0 spiro atoms. The van der Waals surface area contributed by atoms with Crippen LogP contribution in [0, 0.1) is 6.57 Å². The molecule has 94 valence electrons. The van der Waals surface area contributed by atoms with Crippen LogP contribution >= 0.6 is 0 Å². The zero-order valence-electron chi connectivity index (χ0n) is 10.5. The Hall–Kier alpha value is -1.54. The summed E-state index contributed by atoms with van der Waals surface area (Å²) in [5.74, 6) is -0.445. The molecule has 5 nitrogen and oxygen atoms in total. The van der Waals surface area contributed by atoms with E-state index in [1.54, 1.807) is 27.7 Å². The first-order valence-corrected chi connectivity index (χ1v) is 5.51. The van der Waals surface area contributed by atoms with Gasteiger partial charge in [0.25, 0.3) is 12.1 Å². The summed E-state index contributed by atoms with van der Waals surface area (Å²) in [6.45, 7) is 13.5. The highest BCUT2D eigenvalue weighted by Crippen LogP contribution is 2.38. The number of ether oxygens (including phenoxy) is 2. The van der Waals surface area contributed by atoms with Crippen molar-refractivity contribution in [1.82, 2.24) is 0 Å². The number of aliphatic hydroxyl groups is 1. The summed E-state index contributed by atoms with van der Waals surface area (Å²) >= 11 is 0. The average Bonchev–Trinajstić information content (AvgIpc) is 2.22. The maximum Gasteiger partial charge on any atom is 0.264 e. The topological polar surface area (TPSA) is 60.1 Å². The van der Waals surface area contributed by atoms with Crippen molar-refractivity contribution < 1.29 is 19.4 Å². The van der Waals surface area contributed by atoms with Gasteiger partial charge in [-0.05, 0) is 27.7 Å². The lowest BCUT2D eigenvalue weighted by Crippen LogP contribution is -2.55. The first-order chi connectivity index (χ1) is 7.82. The molecule has 1 aliphatic carbocycles. The van der Waals surface area contributed by atoms with Crippen LogP contribution in [0.2, 0.25) is 0 Å². The van der Waals surface area contributed by atoms with E-state index in [4.69, 9.17) is 16.0 Å². The number of hydrogen-bond donors (Lipinski definition) is 1. The summed E-state index contributed by atoms with van der Waals surface area (Å²) in [5, 5.41) is 10.0. The average molecular weight is 239 g/mol. The molecule has 0 bridgehead atoms. The van der Waals surface area contributed by atoms with Gasteiger partial charge in [0, 0.05) is 0 Å². The van der Waals surface area contributed by atoms with E-state index in [1.807, 2.05) is 0 Å². The van der Waals surface area contributed by atoms with Crippen LogP contribution in [-0.2, 0) is 14.3 Å². The van der Waals surface area contributed by atoms with Crippen LogP contribution in [0.4, 0.5) is 0 Å². The Morgan fingerprint density at radius 1 is 1.29 bits per heavy atom. The largest absolute Gasteiger partial charge is 0.488 e. The van der Waals surface area contributed by atoms with Crippen molar-refractivity contribution in [3.05, 3.63) is 22.9 Å². The minimum atomic E-state index is -1.82. The SMILES string of the molecule is [C-]#[N+]CC1(O)C(=O)C(OC(C)C)=C1OC(C)C. The van der Waals surface area contributed by atoms with E-state index in [2.05, 4.69) is 4.85 Å². The second kappa shape index (κ2) is 4.76. The molecule has 0 saturated carbocycles. The molecule has 0 amide bonds. The standard InChI is InChI=1S/C12H17NO4/c1-7(2)16-9-10(14)12(15,6-13-5)11(9)17-8(3)4/h7-8,15H,6H2,1-4H3. The number of nitrogens with zero attached hydrogens (tertiary/aromatic N) is 1. The zero-order valence-corrected chi connectivity index (χ0v) is 10.5. The Morgan fingerprint density at radius 3 is 2.24 bits per heavy atom. The van der Waals surface area contributed by atoms with Crippen LogP contribution in [0.15, 0.2) is 11.5 Å². The van der Waals surface area contributed by atoms with Gasteiger partial charge in [0.2, 0.25) is 11.5 Å². The van der Waals surface area contributed by atoms with Gasteiger partial charge in [0.15, 0.2) is 5.76 Å². The molecule has 1 N–H and O–H groups in total. The lowest BCUT2D eigenvalue weighted by molar-refractivity contribution is -0.148. The number of carbonyl (C=O) groups excluding carboxylic acids is 1. The van der Waals surface area contributed by atoms with E-state index in [1.165, 1.54) is 0 Å². The predicted molar refractivity (Wildman–Crippen MR) is 60.9 cm³/mol. The normalized spacial score (nSPS) is 23.8. The minimum Gasteiger partial charge on any atom is -0.488 e. The van der Waals surface area contributed by atoms with E-state index in [9.17, 15) is 9.90 Å². The number of Topliss-reactive ketones (excluding diaryl/α,β-unsaturated/α-hetero) is 1. The third-order valence-electron chi connectivity index (χ3n) is 2.18. The molecule has 0 aromatic heterocycles. The number of rotatable bonds is 5. The van der Waals surface area contributed by atoms with Crippen molar-refractivity contribution in [2.75, 3.05) is 6.54 Å². The molecule has 1 aliphatic rings. The molecule has 1 atom stereocenters. The third-order valence-corrected chi connectivity index (χ3v) is 2.18. The Balaban J connectivity index is 3.03. The van der Waals surface area contributed by atoms with Gasteiger partial charge >= 0.3 is 0 Å². The lowest BCUT2D eigenvalue weighted by Gasteiger charge is -2.36. The summed E-state index contributed by atoms with van der Waals surface area (Å²) in [6, 6.07) is 0. The lowest BCUT2D eigenvalue weighted by atomic mass is 9.82. The van der Waals surface area contributed by atoms with Crippen molar-refractivity contribution in [3.63, 3.8) is 0 Å². The van der Waals surface area contributed by atoms with Crippen LogP contribution in [0.25, 0.3) is 4.85 Å². The Morgan fingerprint density at radius 2 is 1.82 bits per heavy atom. The molecule has 0 aromatic carbocycles. The van der Waals surface area contributed by atoms with Crippen LogP contribution in [0.5, 0.6) is 0 Å². The molecular formula is C12H17NO4. The molecule has 1 rings (SSSR count). The molecule has 0 saturated heterocycles. The zero-order chi connectivity index (χ0) is 13.2. The first kappa shape index (κ1) is 13.5. The maximum atomic E-state index is 11.7. The fourth-order valence-corrected chi connectivity index (χ4v) is 1.51. The van der Waals surface area contributed by atoms with Gasteiger partial charge in [-0.3, -0.25) is 4.79 Å². The van der Waals surface area contributed by atoms with E-state index in [-0.39, 0.29) is 30.3 Å². The molecule has 0 aromatic rings. The van der Waals surface area contributed by atoms with Gasteiger partial charge in [-0.25, -0.2) is 6.57 Å². The molecule has 17 heavy (non-hydrogen) atoms. The van der Waals surface area contributed by atoms with E-state index >= 15 is 0 Å². The smallest absolute Gasteiger partial charge is 0.264 e. The maximum absolute atomic E-state index is 11.7. The van der Waals surface area contributed by atoms with E-state index in [0.717, 1.165) is 0 Å². The summed E-state index contributed by atoms with van der Waals surface area (Å²) in [5.41, 5.74) is -1.82. The highest BCUT2D eigenvalue weighted by molar-refractivity contribution is 6.10. The van der Waals surface area contributed by atoms with Crippen molar-refractivity contribution in [2.24, 2.45) is 0 Å². The van der Waals surface area contributed by atoms with Crippen molar-refractivity contribution in [3.8, 4) is 0 Å². The monoisotopic (exact) mass is 239 g/mol. The molecule has 5 heteroatoms. The number of carbonyl (C=O) groups is 1. The van der Waals surface area contributed by atoms with Crippen LogP contribution in [-0.4, -0.2) is 35.2 Å². The first-order valence-electron chi connectivity index (χ1n) is 5.51.